The molecule has 1 fully saturated rings. The van der Waals surface area contributed by atoms with E-state index in [1.165, 1.54) is 24.0 Å². The lowest BCUT2D eigenvalue weighted by molar-refractivity contribution is 0.243. The highest BCUT2D eigenvalue weighted by Crippen LogP contribution is 2.42. The summed E-state index contributed by atoms with van der Waals surface area (Å²) >= 11 is 0. The van der Waals surface area contributed by atoms with Gasteiger partial charge in [-0.2, -0.15) is 0 Å². The molecule has 0 aromatic heterocycles. The number of benzene rings is 1. The number of ether oxygens (including phenoxy) is 2. The van der Waals surface area contributed by atoms with E-state index in [2.05, 4.69) is 31.3 Å². The van der Waals surface area contributed by atoms with Crippen molar-refractivity contribution in [1.29, 1.82) is 0 Å². The zero-order chi connectivity index (χ0) is 12.8. The summed E-state index contributed by atoms with van der Waals surface area (Å²) < 4.78 is 11.3. The third-order valence-electron chi connectivity index (χ3n) is 4.18. The van der Waals surface area contributed by atoms with E-state index in [1.54, 1.807) is 7.11 Å². The number of fused-ring (bicyclic) bond motifs is 1. The van der Waals surface area contributed by atoms with Crippen LogP contribution in [0.15, 0.2) is 12.1 Å². The van der Waals surface area contributed by atoms with Crippen LogP contribution in [0.1, 0.15) is 37.8 Å². The van der Waals surface area contributed by atoms with Crippen LogP contribution >= 0.6 is 0 Å². The van der Waals surface area contributed by atoms with E-state index >= 15 is 0 Å². The second-order valence-electron chi connectivity index (χ2n) is 5.66. The van der Waals surface area contributed by atoms with E-state index in [-0.39, 0.29) is 11.6 Å². The van der Waals surface area contributed by atoms with Gasteiger partial charge in [0.25, 0.3) is 0 Å². The van der Waals surface area contributed by atoms with E-state index < -0.39 is 0 Å². The molecule has 1 saturated heterocycles. The van der Waals surface area contributed by atoms with Crippen molar-refractivity contribution >= 4 is 0 Å². The molecule has 3 rings (SSSR count). The summed E-state index contributed by atoms with van der Waals surface area (Å²) in [5.74, 6) is 1.82. The quantitative estimate of drug-likeness (QED) is 0.871. The van der Waals surface area contributed by atoms with Crippen LogP contribution in [-0.2, 0) is 12.0 Å². The van der Waals surface area contributed by atoms with Crippen molar-refractivity contribution in [2.75, 3.05) is 13.7 Å². The van der Waals surface area contributed by atoms with E-state index in [0.29, 0.717) is 0 Å². The summed E-state index contributed by atoms with van der Waals surface area (Å²) in [5, 5.41) is 3.61. The maximum absolute atomic E-state index is 5.83. The topological polar surface area (TPSA) is 30.5 Å². The number of hydrogen-bond donors (Lipinski definition) is 1. The molecule has 0 spiro atoms. The summed E-state index contributed by atoms with van der Waals surface area (Å²) in [6.45, 7) is 5.48. The molecule has 1 N–H and O–H groups in total. The summed E-state index contributed by atoms with van der Waals surface area (Å²) in [6, 6.07) is 4.43. The van der Waals surface area contributed by atoms with Crippen LogP contribution in [-0.4, -0.2) is 19.8 Å². The summed E-state index contributed by atoms with van der Waals surface area (Å²) in [4.78, 5) is 0. The third-order valence-corrected chi connectivity index (χ3v) is 4.18. The standard InChI is InChI=1S/C15H21NO2/c1-10-7-11-8-12(15(2)5-4-6-16-15)9-13(17-3)14(11)18-10/h8-10,16H,4-7H2,1-3H3. The summed E-state index contributed by atoms with van der Waals surface area (Å²) in [7, 11) is 1.72. The first-order valence-corrected chi connectivity index (χ1v) is 6.75. The van der Waals surface area contributed by atoms with Crippen LogP contribution in [0.4, 0.5) is 0 Å². The van der Waals surface area contributed by atoms with Crippen molar-refractivity contribution in [2.45, 2.75) is 44.8 Å². The SMILES string of the molecule is COc1cc(C2(C)CCCN2)cc2c1OC(C)C2. The second-order valence-corrected chi connectivity index (χ2v) is 5.66. The third kappa shape index (κ3) is 1.77. The predicted octanol–water partition coefficient (Wildman–Crippen LogP) is 2.62. The van der Waals surface area contributed by atoms with Crippen LogP contribution < -0.4 is 14.8 Å². The summed E-state index contributed by atoms with van der Waals surface area (Å²) in [6.07, 6.45) is 3.66. The molecule has 0 radical (unpaired) electrons. The van der Waals surface area contributed by atoms with Gasteiger partial charge in [-0.05, 0) is 50.9 Å². The van der Waals surface area contributed by atoms with Gasteiger partial charge < -0.3 is 14.8 Å². The number of hydrogen-bond acceptors (Lipinski definition) is 3. The Bertz CT molecular complexity index is 464. The fourth-order valence-corrected chi connectivity index (χ4v) is 3.11. The molecule has 2 atom stereocenters. The van der Waals surface area contributed by atoms with Gasteiger partial charge in [0.2, 0.25) is 0 Å². The predicted molar refractivity (Wildman–Crippen MR) is 71.4 cm³/mol. The molecule has 18 heavy (non-hydrogen) atoms. The molecule has 3 nitrogen and oxygen atoms in total. The number of methoxy groups -OCH3 is 1. The first kappa shape index (κ1) is 11.8. The Labute approximate surface area is 108 Å². The number of rotatable bonds is 2. The van der Waals surface area contributed by atoms with Crippen LogP contribution in [0.3, 0.4) is 0 Å². The van der Waals surface area contributed by atoms with E-state index in [9.17, 15) is 0 Å². The first-order valence-electron chi connectivity index (χ1n) is 6.75. The lowest BCUT2D eigenvalue weighted by atomic mass is 9.88. The zero-order valence-corrected chi connectivity index (χ0v) is 11.4. The largest absolute Gasteiger partial charge is 0.493 e. The van der Waals surface area contributed by atoms with Crippen molar-refractivity contribution in [2.24, 2.45) is 0 Å². The van der Waals surface area contributed by atoms with Crippen molar-refractivity contribution in [1.82, 2.24) is 5.32 Å². The first-order chi connectivity index (χ1) is 8.62. The van der Waals surface area contributed by atoms with Gasteiger partial charge in [0.05, 0.1) is 7.11 Å². The van der Waals surface area contributed by atoms with Gasteiger partial charge in [0.15, 0.2) is 11.5 Å². The minimum Gasteiger partial charge on any atom is -0.493 e. The van der Waals surface area contributed by atoms with Crippen molar-refractivity contribution in [3.63, 3.8) is 0 Å². The maximum Gasteiger partial charge on any atom is 0.164 e. The van der Waals surface area contributed by atoms with Crippen LogP contribution in [0, 0.1) is 0 Å². The molecule has 1 aromatic rings. The molecule has 1 aromatic carbocycles. The molecule has 0 aliphatic carbocycles. The highest BCUT2D eigenvalue weighted by atomic mass is 16.5. The minimum atomic E-state index is 0.0914. The number of nitrogens with one attached hydrogen (secondary N) is 1. The molecular formula is C15H21NO2. The molecular weight excluding hydrogens is 226 g/mol. The normalized spacial score (nSPS) is 30.1. The van der Waals surface area contributed by atoms with Crippen molar-refractivity contribution in [3.8, 4) is 11.5 Å². The fourth-order valence-electron chi connectivity index (χ4n) is 3.11. The van der Waals surface area contributed by atoms with Gasteiger partial charge in [-0.3, -0.25) is 0 Å². The lowest BCUT2D eigenvalue weighted by Gasteiger charge is -2.26. The molecule has 2 heterocycles. The molecule has 0 bridgehead atoms. The highest BCUT2D eigenvalue weighted by Gasteiger charge is 2.33. The van der Waals surface area contributed by atoms with Crippen LogP contribution in [0.2, 0.25) is 0 Å². The molecule has 2 aliphatic heterocycles. The molecule has 2 aliphatic rings. The van der Waals surface area contributed by atoms with Gasteiger partial charge >= 0.3 is 0 Å². The Morgan fingerprint density at radius 3 is 2.94 bits per heavy atom. The smallest absolute Gasteiger partial charge is 0.164 e. The van der Waals surface area contributed by atoms with Gasteiger partial charge in [0, 0.05) is 17.5 Å². The molecule has 98 valence electrons. The zero-order valence-electron chi connectivity index (χ0n) is 11.4. The monoisotopic (exact) mass is 247 g/mol. The Morgan fingerprint density at radius 1 is 1.44 bits per heavy atom. The average molecular weight is 247 g/mol. The van der Waals surface area contributed by atoms with E-state index in [0.717, 1.165) is 24.5 Å². The van der Waals surface area contributed by atoms with Gasteiger partial charge in [-0.25, -0.2) is 0 Å². The van der Waals surface area contributed by atoms with Crippen molar-refractivity contribution < 1.29 is 9.47 Å². The van der Waals surface area contributed by atoms with E-state index in [1.807, 2.05) is 0 Å². The van der Waals surface area contributed by atoms with Gasteiger partial charge in [-0.15, -0.1) is 0 Å². The van der Waals surface area contributed by atoms with Crippen LogP contribution in [0.25, 0.3) is 0 Å². The molecule has 0 amide bonds. The maximum atomic E-state index is 5.83. The Hall–Kier alpha value is -1.22. The second kappa shape index (κ2) is 4.16. The average Bonchev–Trinajstić information content (AvgIpc) is 2.93. The van der Waals surface area contributed by atoms with Crippen molar-refractivity contribution in [3.05, 3.63) is 23.3 Å². The Kier molecular flexibility index (Phi) is 2.74. The van der Waals surface area contributed by atoms with E-state index in [4.69, 9.17) is 9.47 Å². The highest BCUT2D eigenvalue weighted by molar-refractivity contribution is 5.53. The lowest BCUT2D eigenvalue weighted by Crippen LogP contribution is -2.33. The summed E-state index contributed by atoms with van der Waals surface area (Å²) in [5.41, 5.74) is 2.70. The molecule has 2 unspecified atom stereocenters. The van der Waals surface area contributed by atoms with Crippen LogP contribution in [0.5, 0.6) is 11.5 Å². The minimum absolute atomic E-state index is 0.0914. The Morgan fingerprint density at radius 2 is 2.28 bits per heavy atom. The van der Waals surface area contributed by atoms with Gasteiger partial charge in [-0.1, -0.05) is 0 Å². The Balaban J connectivity index is 2.05. The molecule has 3 heteroatoms. The van der Waals surface area contributed by atoms with Gasteiger partial charge in [0.1, 0.15) is 6.10 Å². The fraction of sp³-hybridized carbons (Fsp3) is 0.600. The molecule has 0 saturated carbocycles.